The summed E-state index contributed by atoms with van der Waals surface area (Å²) < 4.78 is 17.7. The highest BCUT2D eigenvalue weighted by Crippen LogP contribution is 2.22. The standard InChI is InChI=1S/C16H16FN3O3/c1-23-16(22)11-6-7-20(9-11)15(21)14-8-13(18-19-14)10-2-4-12(17)5-3-10/h2-5,8,11H,6-7,9H2,1H3,(H,18,19)/t11-/m1/s1. The van der Waals surface area contributed by atoms with E-state index in [1.165, 1.54) is 19.2 Å². The third kappa shape index (κ3) is 3.08. The zero-order chi connectivity index (χ0) is 16.4. The van der Waals surface area contributed by atoms with Gasteiger partial charge in [-0.1, -0.05) is 0 Å². The van der Waals surface area contributed by atoms with Gasteiger partial charge in [0.25, 0.3) is 5.91 Å². The van der Waals surface area contributed by atoms with Gasteiger partial charge in [0, 0.05) is 18.7 Å². The van der Waals surface area contributed by atoms with Crippen LogP contribution in [0, 0.1) is 11.7 Å². The summed E-state index contributed by atoms with van der Waals surface area (Å²) in [7, 11) is 1.34. The first-order chi connectivity index (χ1) is 11.1. The summed E-state index contributed by atoms with van der Waals surface area (Å²) in [5, 5.41) is 6.79. The summed E-state index contributed by atoms with van der Waals surface area (Å²) in [5.41, 5.74) is 1.63. The first kappa shape index (κ1) is 15.2. The largest absolute Gasteiger partial charge is 0.469 e. The second kappa shape index (κ2) is 6.20. The second-order valence-corrected chi connectivity index (χ2v) is 5.43. The summed E-state index contributed by atoms with van der Waals surface area (Å²) in [5.74, 6) is -1.11. The molecule has 2 heterocycles. The lowest BCUT2D eigenvalue weighted by Gasteiger charge is -2.14. The Morgan fingerprint density at radius 3 is 2.78 bits per heavy atom. The number of H-pyrrole nitrogens is 1. The summed E-state index contributed by atoms with van der Waals surface area (Å²) in [6.07, 6.45) is 0.595. The number of nitrogens with one attached hydrogen (secondary N) is 1. The molecule has 1 aliphatic heterocycles. The van der Waals surface area contributed by atoms with E-state index in [0.717, 1.165) is 5.56 Å². The molecular weight excluding hydrogens is 301 g/mol. The van der Waals surface area contributed by atoms with Crippen LogP contribution in [0.4, 0.5) is 4.39 Å². The molecule has 1 aromatic carbocycles. The van der Waals surface area contributed by atoms with E-state index in [-0.39, 0.29) is 23.6 Å². The fraction of sp³-hybridized carbons (Fsp3) is 0.312. The SMILES string of the molecule is COC(=O)[C@@H]1CCN(C(=O)c2cc(-c3ccc(F)cc3)n[nH]2)C1. The lowest BCUT2D eigenvalue weighted by atomic mass is 10.1. The smallest absolute Gasteiger partial charge is 0.310 e. The second-order valence-electron chi connectivity index (χ2n) is 5.43. The van der Waals surface area contributed by atoms with Crippen molar-refractivity contribution in [1.82, 2.24) is 15.1 Å². The van der Waals surface area contributed by atoms with Crippen LogP contribution in [0.15, 0.2) is 30.3 Å². The molecule has 6 nitrogen and oxygen atoms in total. The highest BCUT2D eigenvalue weighted by Gasteiger charge is 2.32. The molecular formula is C16H16FN3O3. The van der Waals surface area contributed by atoms with Crippen molar-refractivity contribution in [2.75, 3.05) is 20.2 Å². The Kier molecular flexibility index (Phi) is 4.10. The minimum atomic E-state index is -0.327. The maximum atomic E-state index is 12.9. The Labute approximate surface area is 132 Å². The molecule has 0 saturated carbocycles. The summed E-state index contributed by atoms with van der Waals surface area (Å²) in [4.78, 5) is 25.6. The Hall–Kier alpha value is -2.70. The molecule has 1 aromatic heterocycles. The van der Waals surface area contributed by atoms with E-state index in [1.54, 1.807) is 23.1 Å². The molecule has 0 radical (unpaired) electrons. The Balaban J connectivity index is 1.72. The summed E-state index contributed by atoms with van der Waals surface area (Å²) in [6, 6.07) is 7.51. The number of aromatic nitrogens is 2. The lowest BCUT2D eigenvalue weighted by Crippen LogP contribution is -2.30. The molecule has 3 rings (SSSR count). The molecule has 0 unspecified atom stereocenters. The van der Waals surface area contributed by atoms with Crippen LogP contribution in [0.1, 0.15) is 16.9 Å². The van der Waals surface area contributed by atoms with Crippen molar-refractivity contribution < 1.29 is 18.7 Å². The van der Waals surface area contributed by atoms with Crippen molar-refractivity contribution in [3.8, 4) is 11.3 Å². The number of amides is 1. The zero-order valence-electron chi connectivity index (χ0n) is 12.6. The molecule has 23 heavy (non-hydrogen) atoms. The number of rotatable bonds is 3. The van der Waals surface area contributed by atoms with Crippen LogP contribution in [0.2, 0.25) is 0 Å². The van der Waals surface area contributed by atoms with Gasteiger partial charge in [0.1, 0.15) is 11.5 Å². The fourth-order valence-electron chi connectivity index (χ4n) is 2.67. The minimum absolute atomic E-state index is 0.211. The average Bonchev–Trinajstić information content (AvgIpc) is 3.24. The third-order valence-electron chi connectivity index (χ3n) is 3.96. The number of likely N-dealkylation sites (tertiary alicyclic amines) is 1. The quantitative estimate of drug-likeness (QED) is 0.877. The topological polar surface area (TPSA) is 75.3 Å². The van der Waals surface area contributed by atoms with Crippen molar-refractivity contribution in [1.29, 1.82) is 0 Å². The molecule has 7 heteroatoms. The molecule has 1 fully saturated rings. The number of aromatic amines is 1. The predicted molar refractivity (Wildman–Crippen MR) is 80.0 cm³/mol. The molecule has 2 aromatic rings. The van der Waals surface area contributed by atoms with Crippen molar-refractivity contribution in [2.45, 2.75) is 6.42 Å². The van der Waals surface area contributed by atoms with Crippen molar-refractivity contribution >= 4 is 11.9 Å². The molecule has 1 atom stereocenters. The van der Waals surface area contributed by atoms with Crippen LogP contribution in [0.25, 0.3) is 11.3 Å². The highest BCUT2D eigenvalue weighted by molar-refractivity contribution is 5.94. The Bertz CT molecular complexity index is 726. The van der Waals surface area contributed by atoms with Crippen molar-refractivity contribution in [2.24, 2.45) is 5.92 Å². The highest BCUT2D eigenvalue weighted by atomic mass is 19.1. The van der Waals surface area contributed by atoms with Gasteiger partial charge in [-0.3, -0.25) is 14.7 Å². The Morgan fingerprint density at radius 1 is 1.35 bits per heavy atom. The van der Waals surface area contributed by atoms with Gasteiger partial charge < -0.3 is 9.64 Å². The van der Waals surface area contributed by atoms with Gasteiger partial charge in [-0.05, 0) is 36.8 Å². The predicted octanol–water partition coefficient (Wildman–Crippen LogP) is 1.85. The number of nitrogens with zero attached hydrogens (tertiary/aromatic N) is 2. The molecule has 0 bridgehead atoms. The van der Waals surface area contributed by atoms with E-state index in [9.17, 15) is 14.0 Å². The third-order valence-corrected chi connectivity index (χ3v) is 3.96. The first-order valence-corrected chi connectivity index (χ1v) is 7.27. The Morgan fingerprint density at radius 2 is 2.09 bits per heavy atom. The number of methoxy groups -OCH3 is 1. The molecule has 0 aliphatic carbocycles. The number of hydrogen-bond acceptors (Lipinski definition) is 4. The lowest BCUT2D eigenvalue weighted by molar-refractivity contribution is -0.144. The maximum Gasteiger partial charge on any atom is 0.310 e. The molecule has 120 valence electrons. The van der Waals surface area contributed by atoms with Gasteiger partial charge in [-0.15, -0.1) is 0 Å². The zero-order valence-corrected chi connectivity index (χ0v) is 12.6. The molecule has 0 spiro atoms. The average molecular weight is 317 g/mol. The number of ether oxygens (including phenoxy) is 1. The molecule has 1 amide bonds. The van der Waals surface area contributed by atoms with Gasteiger partial charge in [-0.2, -0.15) is 5.10 Å². The van der Waals surface area contributed by atoms with Gasteiger partial charge in [-0.25, -0.2) is 4.39 Å². The van der Waals surface area contributed by atoms with Crippen LogP contribution in [-0.4, -0.2) is 47.2 Å². The number of benzene rings is 1. The number of carbonyl (C=O) groups is 2. The van der Waals surface area contributed by atoms with Gasteiger partial charge >= 0.3 is 5.97 Å². The summed E-state index contributed by atoms with van der Waals surface area (Å²) in [6.45, 7) is 0.847. The number of carbonyl (C=O) groups excluding carboxylic acids is 2. The van der Waals surface area contributed by atoms with E-state index in [2.05, 4.69) is 10.2 Å². The van der Waals surface area contributed by atoms with Crippen molar-refractivity contribution in [3.63, 3.8) is 0 Å². The van der Waals surface area contributed by atoms with Gasteiger partial charge in [0.05, 0.1) is 18.7 Å². The van der Waals surface area contributed by atoms with Gasteiger partial charge in [0.15, 0.2) is 0 Å². The number of halogens is 1. The molecule has 1 aliphatic rings. The van der Waals surface area contributed by atoms with Gasteiger partial charge in [0.2, 0.25) is 0 Å². The van der Waals surface area contributed by atoms with E-state index in [1.807, 2.05) is 0 Å². The number of esters is 1. The van der Waals surface area contributed by atoms with Crippen LogP contribution < -0.4 is 0 Å². The van der Waals surface area contributed by atoms with E-state index in [0.29, 0.717) is 30.9 Å². The van der Waals surface area contributed by atoms with Crippen LogP contribution in [-0.2, 0) is 9.53 Å². The van der Waals surface area contributed by atoms with E-state index >= 15 is 0 Å². The van der Waals surface area contributed by atoms with E-state index in [4.69, 9.17) is 4.74 Å². The monoisotopic (exact) mass is 317 g/mol. The van der Waals surface area contributed by atoms with Crippen LogP contribution >= 0.6 is 0 Å². The van der Waals surface area contributed by atoms with Crippen LogP contribution in [0.3, 0.4) is 0 Å². The molecule has 1 N–H and O–H groups in total. The number of hydrogen-bond donors (Lipinski definition) is 1. The normalized spacial score (nSPS) is 17.3. The minimum Gasteiger partial charge on any atom is -0.469 e. The van der Waals surface area contributed by atoms with E-state index < -0.39 is 0 Å². The summed E-state index contributed by atoms with van der Waals surface area (Å²) >= 11 is 0. The molecule has 1 saturated heterocycles. The first-order valence-electron chi connectivity index (χ1n) is 7.27. The van der Waals surface area contributed by atoms with Crippen LogP contribution in [0.5, 0.6) is 0 Å². The maximum absolute atomic E-state index is 12.9. The van der Waals surface area contributed by atoms with Crippen molar-refractivity contribution in [3.05, 3.63) is 41.8 Å². The fourth-order valence-corrected chi connectivity index (χ4v) is 2.67.